The average Bonchev–Trinajstić information content (AvgIpc) is 2.54. The van der Waals surface area contributed by atoms with Crippen molar-refractivity contribution in [1.82, 2.24) is 9.97 Å². The number of nitrogens with one attached hydrogen (secondary N) is 1. The fourth-order valence-electron chi connectivity index (χ4n) is 2.20. The van der Waals surface area contributed by atoms with E-state index in [1.807, 2.05) is 0 Å². The van der Waals surface area contributed by atoms with Crippen molar-refractivity contribution in [1.29, 1.82) is 0 Å². The Balaban J connectivity index is 1.87. The Morgan fingerprint density at radius 1 is 1.22 bits per heavy atom. The first-order valence-corrected chi connectivity index (χ1v) is 7.00. The van der Waals surface area contributed by atoms with Crippen LogP contribution in [0.25, 0.3) is 10.9 Å². The number of hydrogen-bond acceptors (Lipinski definition) is 4. The molecule has 0 radical (unpaired) electrons. The lowest BCUT2D eigenvalue weighted by Crippen LogP contribution is -2.17. The van der Waals surface area contributed by atoms with Crippen molar-refractivity contribution in [3.63, 3.8) is 0 Å². The van der Waals surface area contributed by atoms with Crippen LogP contribution >= 0.6 is 0 Å². The lowest BCUT2D eigenvalue weighted by molar-refractivity contribution is 0.0319. The molecule has 0 spiro atoms. The van der Waals surface area contributed by atoms with Crippen molar-refractivity contribution in [2.24, 2.45) is 0 Å². The maximum atomic E-state index is 13.1. The summed E-state index contributed by atoms with van der Waals surface area (Å²) in [5.74, 6) is -0.976. The molecule has 0 fully saturated rings. The molecule has 3 rings (SSSR count). The predicted octanol–water partition coefficient (Wildman–Crippen LogP) is 2.98. The summed E-state index contributed by atoms with van der Waals surface area (Å²) in [6.45, 7) is 1.59. The van der Waals surface area contributed by atoms with Gasteiger partial charge in [0.05, 0.1) is 16.5 Å². The summed E-state index contributed by atoms with van der Waals surface area (Å²) in [4.78, 5) is 30.9. The summed E-state index contributed by atoms with van der Waals surface area (Å²) in [6, 6.07) is 12.1. The van der Waals surface area contributed by atoms with Gasteiger partial charge in [-0.15, -0.1) is 0 Å². The first kappa shape index (κ1) is 14.9. The lowest BCUT2D eigenvalue weighted by Gasteiger charge is -2.13. The van der Waals surface area contributed by atoms with Crippen LogP contribution in [0.4, 0.5) is 4.39 Å². The third-order valence-electron chi connectivity index (χ3n) is 3.36. The van der Waals surface area contributed by atoms with Crippen LogP contribution in [0, 0.1) is 5.82 Å². The van der Waals surface area contributed by atoms with Crippen molar-refractivity contribution in [2.45, 2.75) is 13.0 Å². The van der Waals surface area contributed by atoms with Gasteiger partial charge in [0.2, 0.25) is 0 Å². The first-order valence-electron chi connectivity index (χ1n) is 7.00. The summed E-state index contributed by atoms with van der Waals surface area (Å²) in [5.41, 5.74) is 0.305. The highest BCUT2D eigenvalue weighted by molar-refractivity contribution is 5.89. The molecule has 0 saturated heterocycles. The minimum Gasteiger partial charge on any atom is -0.451 e. The second-order valence-corrected chi connectivity index (χ2v) is 5.03. The van der Waals surface area contributed by atoms with Gasteiger partial charge in [0.15, 0.2) is 11.9 Å². The molecule has 2 aromatic carbocycles. The molecule has 0 aliphatic heterocycles. The van der Waals surface area contributed by atoms with Gasteiger partial charge in [0.25, 0.3) is 5.56 Å². The van der Waals surface area contributed by atoms with Crippen molar-refractivity contribution in [2.75, 3.05) is 0 Å². The molecule has 0 bridgehead atoms. The Bertz CT molecular complexity index is 936. The van der Waals surface area contributed by atoms with Crippen LogP contribution < -0.4 is 5.56 Å². The first-order chi connectivity index (χ1) is 11.0. The number of aromatic amines is 1. The smallest absolute Gasteiger partial charge is 0.338 e. The molecular formula is C17H13FN2O3. The Labute approximate surface area is 130 Å². The molecule has 1 N–H and O–H groups in total. The van der Waals surface area contributed by atoms with Crippen LogP contribution in [0.5, 0.6) is 0 Å². The van der Waals surface area contributed by atoms with Gasteiger partial charge >= 0.3 is 5.97 Å². The number of carbonyl (C=O) groups excluding carboxylic acids is 1. The lowest BCUT2D eigenvalue weighted by atomic mass is 10.2. The number of fused-ring (bicyclic) bond motifs is 1. The zero-order valence-corrected chi connectivity index (χ0v) is 12.2. The van der Waals surface area contributed by atoms with Crippen LogP contribution in [0.1, 0.15) is 29.2 Å². The summed E-state index contributed by atoms with van der Waals surface area (Å²) in [7, 11) is 0. The number of esters is 1. The summed E-state index contributed by atoms with van der Waals surface area (Å²) >= 11 is 0. The van der Waals surface area contributed by atoms with E-state index in [-0.39, 0.29) is 16.9 Å². The fraction of sp³-hybridized carbons (Fsp3) is 0.118. The number of H-pyrrole nitrogens is 1. The van der Waals surface area contributed by atoms with Crippen LogP contribution in [0.2, 0.25) is 0 Å². The average molecular weight is 312 g/mol. The molecule has 1 heterocycles. The Morgan fingerprint density at radius 3 is 2.78 bits per heavy atom. The number of nitrogens with zero attached hydrogens (tertiary/aromatic N) is 1. The number of rotatable bonds is 3. The normalized spacial score (nSPS) is 12.1. The van der Waals surface area contributed by atoms with Crippen LogP contribution in [-0.4, -0.2) is 15.9 Å². The molecule has 116 valence electrons. The maximum Gasteiger partial charge on any atom is 0.338 e. The highest BCUT2D eigenvalue weighted by atomic mass is 19.1. The number of ether oxygens (including phenoxy) is 1. The minimum atomic E-state index is -0.775. The van der Waals surface area contributed by atoms with Gasteiger partial charge in [0, 0.05) is 0 Å². The van der Waals surface area contributed by atoms with E-state index in [1.165, 1.54) is 18.2 Å². The maximum absolute atomic E-state index is 13.1. The Morgan fingerprint density at radius 2 is 2.00 bits per heavy atom. The van der Waals surface area contributed by atoms with E-state index in [9.17, 15) is 14.0 Å². The molecule has 0 amide bonds. The Hall–Kier alpha value is -3.02. The molecule has 23 heavy (non-hydrogen) atoms. The molecule has 1 atom stereocenters. The monoisotopic (exact) mass is 312 g/mol. The van der Waals surface area contributed by atoms with E-state index in [1.54, 1.807) is 31.2 Å². The minimum absolute atomic E-state index is 0.0972. The molecule has 6 heteroatoms. The number of halogens is 1. The summed E-state index contributed by atoms with van der Waals surface area (Å²) in [5, 5.41) is 0.458. The fourth-order valence-corrected chi connectivity index (χ4v) is 2.20. The molecular weight excluding hydrogens is 299 g/mol. The zero-order chi connectivity index (χ0) is 16.4. The number of aromatic nitrogens is 2. The van der Waals surface area contributed by atoms with Gasteiger partial charge in [-0.2, -0.15) is 0 Å². The van der Waals surface area contributed by atoms with Crippen molar-refractivity contribution < 1.29 is 13.9 Å². The van der Waals surface area contributed by atoms with Crippen molar-refractivity contribution in [3.8, 4) is 0 Å². The summed E-state index contributed by atoms with van der Waals surface area (Å²) in [6.07, 6.45) is -0.775. The molecule has 1 unspecified atom stereocenters. The molecule has 5 nitrogen and oxygen atoms in total. The van der Waals surface area contributed by atoms with Gasteiger partial charge in [-0.25, -0.2) is 14.2 Å². The van der Waals surface area contributed by atoms with E-state index in [4.69, 9.17) is 4.74 Å². The van der Waals surface area contributed by atoms with Crippen molar-refractivity contribution >= 4 is 16.9 Å². The number of carbonyl (C=O) groups is 1. The molecule has 3 aromatic rings. The third kappa shape index (κ3) is 3.11. The topological polar surface area (TPSA) is 72.0 Å². The summed E-state index contributed by atoms with van der Waals surface area (Å²) < 4.78 is 18.4. The van der Waals surface area contributed by atoms with Crippen LogP contribution in [-0.2, 0) is 4.74 Å². The van der Waals surface area contributed by atoms with Gasteiger partial charge in [-0.1, -0.05) is 18.2 Å². The molecule has 0 saturated carbocycles. The van der Waals surface area contributed by atoms with Gasteiger partial charge in [0.1, 0.15) is 5.82 Å². The van der Waals surface area contributed by atoms with Crippen molar-refractivity contribution in [3.05, 3.63) is 76.1 Å². The van der Waals surface area contributed by atoms with E-state index in [0.717, 1.165) is 6.07 Å². The number of para-hydroxylation sites is 1. The second kappa shape index (κ2) is 6.00. The number of hydrogen-bond donors (Lipinski definition) is 1. The van der Waals surface area contributed by atoms with E-state index < -0.39 is 17.9 Å². The molecule has 1 aromatic heterocycles. The predicted molar refractivity (Wildman–Crippen MR) is 82.6 cm³/mol. The molecule has 0 aliphatic rings. The number of benzene rings is 2. The SMILES string of the molecule is CC(OC(=O)c1cccc(F)c1)c1nc2ccccc2c(=O)[nH]1. The van der Waals surface area contributed by atoms with Gasteiger partial charge < -0.3 is 9.72 Å². The van der Waals surface area contributed by atoms with E-state index in [2.05, 4.69) is 9.97 Å². The standard InChI is InChI=1S/C17H13FN2O3/c1-10(23-17(22)11-5-4-6-12(18)9-11)15-19-14-8-3-2-7-13(14)16(21)20-15/h2-10H,1H3,(H,19,20,21). The van der Waals surface area contributed by atoms with Crippen LogP contribution in [0.15, 0.2) is 53.3 Å². The second-order valence-electron chi connectivity index (χ2n) is 5.03. The van der Waals surface area contributed by atoms with E-state index >= 15 is 0 Å². The van der Waals surface area contributed by atoms with Gasteiger partial charge in [-0.3, -0.25) is 4.79 Å². The van der Waals surface area contributed by atoms with Crippen LogP contribution in [0.3, 0.4) is 0 Å². The van der Waals surface area contributed by atoms with E-state index in [0.29, 0.717) is 10.9 Å². The largest absolute Gasteiger partial charge is 0.451 e. The highest BCUT2D eigenvalue weighted by Gasteiger charge is 2.17. The third-order valence-corrected chi connectivity index (χ3v) is 3.36. The Kier molecular flexibility index (Phi) is 3.89. The zero-order valence-electron chi connectivity index (χ0n) is 12.2. The quantitative estimate of drug-likeness (QED) is 0.755. The highest BCUT2D eigenvalue weighted by Crippen LogP contribution is 2.16. The molecule has 0 aliphatic carbocycles. The van der Waals surface area contributed by atoms with Gasteiger partial charge in [-0.05, 0) is 37.3 Å².